The van der Waals surface area contributed by atoms with Crippen LogP contribution in [0.15, 0.2) is 79.5 Å². The maximum Gasteiger partial charge on any atom is 0.247 e. The quantitative estimate of drug-likeness (QED) is 0.144. The van der Waals surface area contributed by atoms with Gasteiger partial charge in [-0.15, -0.1) is 0 Å². The number of hydrogen-bond acceptors (Lipinski definition) is 9. The van der Waals surface area contributed by atoms with Crippen LogP contribution in [0.3, 0.4) is 0 Å². The molecule has 0 bridgehead atoms. The van der Waals surface area contributed by atoms with E-state index in [-0.39, 0.29) is 17.5 Å². The Kier molecular flexibility index (Phi) is 10.7. The van der Waals surface area contributed by atoms with Crippen molar-refractivity contribution in [1.82, 2.24) is 14.9 Å². The number of nitrogens with zero attached hydrogens (tertiary/aromatic N) is 4. The van der Waals surface area contributed by atoms with Crippen LogP contribution in [0.5, 0.6) is 11.5 Å². The van der Waals surface area contributed by atoms with E-state index in [1.165, 1.54) is 12.1 Å². The summed E-state index contributed by atoms with van der Waals surface area (Å²) in [6.07, 6.45) is 2.87. The fourth-order valence-corrected chi connectivity index (χ4v) is 4.36. The second kappa shape index (κ2) is 14.8. The molecule has 1 heterocycles. The number of carbonyl (C=O) groups excluding carboxylic acids is 1. The number of halogens is 1. The fraction of sp³-hybridized carbons (Fsp3) is 0.242. The summed E-state index contributed by atoms with van der Waals surface area (Å²) in [5.41, 5.74) is 3.57. The molecule has 1 aromatic heterocycles. The van der Waals surface area contributed by atoms with Gasteiger partial charge < -0.3 is 35.2 Å². The number of ether oxygens (including phenoxy) is 2. The number of nitrogens with one attached hydrogen (secondary N) is 3. The molecule has 1 amide bonds. The van der Waals surface area contributed by atoms with Crippen LogP contribution >= 0.6 is 0 Å². The maximum atomic E-state index is 14.7. The molecule has 0 fully saturated rings. The molecule has 0 aliphatic carbocycles. The van der Waals surface area contributed by atoms with Crippen LogP contribution in [0, 0.1) is 5.82 Å². The summed E-state index contributed by atoms with van der Waals surface area (Å²) < 4.78 is 26.0. The standard InChI is InChI=1S/C33H38FN7O3/c1-7-31(42)36-27-19-28(30(43-6)20-29(27)41(5)18-17-40(3)4)38-33-35-21-24(22-13-15-23(16-14-22)44-8-2)32(39-33)37-26-12-10-9-11-25(26)34/h7,9-16,19-21H,1,8,17-18H2,2-6H3,(H,36,42)(H2,35,37,38,39). The normalized spacial score (nSPS) is 10.7. The van der Waals surface area contributed by atoms with Gasteiger partial charge in [0.15, 0.2) is 0 Å². The van der Waals surface area contributed by atoms with Gasteiger partial charge >= 0.3 is 0 Å². The van der Waals surface area contributed by atoms with Crippen LogP contribution in [0.2, 0.25) is 0 Å². The lowest BCUT2D eigenvalue weighted by Crippen LogP contribution is -2.29. The van der Waals surface area contributed by atoms with Gasteiger partial charge in [-0.25, -0.2) is 9.37 Å². The van der Waals surface area contributed by atoms with Gasteiger partial charge in [0.25, 0.3) is 0 Å². The Hall–Kier alpha value is -5.16. The average Bonchev–Trinajstić information content (AvgIpc) is 3.02. The van der Waals surface area contributed by atoms with Gasteiger partial charge in [0, 0.05) is 38.0 Å². The van der Waals surface area contributed by atoms with Gasteiger partial charge in [-0.1, -0.05) is 30.8 Å². The number of para-hydroxylation sites is 1. The van der Waals surface area contributed by atoms with Crippen molar-refractivity contribution < 1.29 is 18.7 Å². The lowest BCUT2D eigenvalue weighted by molar-refractivity contribution is -0.111. The van der Waals surface area contributed by atoms with Crippen LogP contribution < -0.4 is 30.3 Å². The SMILES string of the molecule is C=CC(=O)Nc1cc(Nc2ncc(-c3ccc(OCC)cc3)c(Nc3ccccc3F)n2)c(OC)cc1N(C)CCN(C)C. The molecule has 44 heavy (non-hydrogen) atoms. The summed E-state index contributed by atoms with van der Waals surface area (Å²) in [5.74, 6) is 1.09. The molecule has 11 heteroatoms. The molecular formula is C33H38FN7O3. The highest BCUT2D eigenvalue weighted by atomic mass is 19.1. The van der Waals surface area contributed by atoms with Gasteiger partial charge in [0.05, 0.1) is 36.5 Å². The van der Waals surface area contributed by atoms with Crippen LogP contribution in [0.4, 0.5) is 38.9 Å². The molecule has 0 unspecified atom stereocenters. The molecule has 0 saturated carbocycles. The Morgan fingerprint density at radius 3 is 2.41 bits per heavy atom. The van der Waals surface area contributed by atoms with Crippen LogP contribution in [-0.2, 0) is 4.79 Å². The Morgan fingerprint density at radius 2 is 1.75 bits per heavy atom. The highest BCUT2D eigenvalue weighted by Crippen LogP contribution is 2.39. The molecule has 0 aliphatic rings. The van der Waals surface area contributed by atoms with Crippen molar-refractivity contribution in [3.63, 3.8) is 0 Å². The third-order valence-corrected chi connectivity index (χ3v) is 6.69. The lowest BCUT2D eigenvalue weighted by Gasteiger charge is -2.26. The van der Waals surface area contributed by atoms with Crippen molar-refractivity contribution in [3.8, 4) is 22.6 Å². The lowest BCUT2D eigenvalue weighted by atomic mass is 10.1. The second-order valence-electron chi connectivity index (χ2n) is 10.1. The highest BCUT2D eigenvalue weighted by Gasteiger charge is 2.18. The number of anilines is 6. The van der Waals surface area contributed by atoms with E-state index in [2.05, 4.69) is 32.4 Å². The molecule has 3 N–H and O–H groups in total. The van der Waals surface area contributed by atoms with E-state index < -0.39 is 5.82 Å². The number of methoxy groups -OCH3 is 1. The smallest absolute Gasteiger partial charge is 0.247 e. The molecule has 0 saturated heterocycles. The molecule has 4 aromatic rings. The molecule has 230 valence electrons. The van der Waals surface area contributed by atoms with E-state index in [4.69, 9.17) is 14.5 Å². The summed E-state index contributed by atoms with van der Waals surface area (Å²) in [4.78, 5) is 25.7. The third kappa shape index (κ3) is 8.01. The Morgan fingerprint density at radius 1 is 1.00 bits per heavy atom. The van der Waals surface area contributed by atoms with Crippen LogP contribution in [-0.4, -0.2) is 68.7 Å². The number of aromatic nitrogens is 2. The summed E-state index contributed by atoms with van der Waals surface area (Å²) >= 11 is 0. The summed E-state index contributed by atoms with van der Waals surface area (Å²) in [5, 5.41) is 9.22. The fourth-order valence-electron chi connectivity index (χ4n) is 4.36. The van der Waals surface area contributed by atoms with Gasteiger partial charge in [-0.3, -0.25) is 4.79 Å². The zero-order valence-electron chi connectivity index (χ0n) is 25.6. The number of carbonyl (C=O) groups is 1. The van der Waals surface area contributed by atoms with E-state index >= 15 is 0 Å². The van der Waals surface area contributed by atoms with Crippen molar-refractivity contribution in [1.29, 1.82) is 0 Å². The molecule has 3 aromatic carbocycles. The Labute approximate surface area is 257 Å². The average molecular weight is 600 g/mol. The molecule has 0 aliphatic heterocycles. The summed E-state index contributed by atoms with van der Waals surface area (Å²) in [6, 6.07) is 17.5. The van der Waals surface area contributed by atoms with E-state index in [0.29, 0.717) is 41.7 Å². The van der Waals surface area contributed by atoms with Gasteiger partial charge in [-0.2, -0.15) is 4.98 Å². The first kappa shape index (κ1) is 31.8. The summed E-state index contributed by atoms with van der Waals surface area (Å²) in [6.45, 7) is 7.57. The van der Waals surface area contributed by atoms with Crippen molar-refractivity contribution in [3.05, 3.63) is 85.3 Å². The molecule has 0 atom stereocenters. The minimum Gasteiger partial charge on any atom is -0.494 e. The first-order valence-corrected chi connectivity index (χ1v) is 14.1. The number of rotatable bonds is 14. The monoisotopic (exact) mass is 599 g/mol. The van der Waals surface area contributed by atoms with E-state index in [1.54, 1.807) is 37.6 Å². The van der Waals surface area contributed by atoms with Crippen molar-refractivity contribution in [2.75, 3.05) is 68.8 Å². The first-order valence-electron chi connectivity index (χ1n) is 14.1. The molecular weight excluding hydrogens is 561 g/mol. The predicted octanol–water partition coefficient (Wildman–Crippen LogP) is 6.30. The number of benzene rings is 3. The zero-order valence-corrected chi connectivity index (χ0v) is 25.6. The molecule has 10 nitrogen and oxygen atoms in total. The Balaban J connectivity index is 1.75. The van der Waals surface area contributed by atoms with Gasteiger partial charge in [0.2, 0.25) is 11.9 Å². The molecule has 0 spiro atoms. The summed E-state index contributed by atoms with van der Waals surface area (Å²) in [7, 11) is 7.50. The predicted molar refractivity (Wildman–Crippen MR) is 175 cm³/mol. The number of amides is 1. The van der Waals surface area contributed by atoms with Crippen LogP contribution in [0.1, 0.15) is 6.92 Å². The van der Waals surface area contributed by atoms with E-state index in [9.17, 15) is 9.18 Å². The highest BCUT2D eigenvalue weighted by molar-refractivity contribution is 6.02. The maximum absolute atomic E-state index is 14.7. The van der Waals surface area contributed by atoms with Crippen LogP contribution in [0.25, 0.3) is 11.1 Å². The van der Waals surface area contributed by atoms with Gasteiger partial charge in [-0.05, 0) is 63.0 Å². The van der Waals surface area contributed by atoms with Crippen molar-refractivity contribution in [2.24, 2.45) is 0 Å². The number of likely N-dealkylation sites (N-methyl/N-ethyl adjacent to an activating group) is 2. The molecule has 4 rings (SSSR count). The van der Waals surface area contributed by atoms with E-state index in [0.717, 1.165) is 23.5 Å². The molecule has 0 radical (unpaired) electrons. The third-order valence-electron chi connectivity index (χ3n) is 6.69. The first-order chi connectivity index (χ1) is 21.2. The Bertz CT molecular complexity index is 1600. The van der Waals surface area contributed by atoms with Gasteiger partial charge in [0.1, 0.15) is 23.1 Å². The van der Waals surface area contributed by atoms with Crippen molar-refractivity contribution in [2.45, 2.75) is 6.92 Å². The second-order valence-corrected chi connectivity index (χ2v) is 10.1. The minimum absolute atomic E-state index is 0.228. The number of hydrogen-bond donors (Lipinski definition) is 3. The topological polar surface area (TPSA) is 104 Å². The minimum atomic E-state index is -0.420. The zero-order chi connectivity index (χ0) is 31.6. The van der Waals surface area contributed by atoms with E-state index in [1.807, 2.05) is 63.3 Å². The largest absolute Gasteiger partial charge is 0.494 e. The van der Waals surface area contributed by atoms with Crippen molar-refractivity contribution >= 4 is 40.4 Å².